The second-order valence-corrected chi connectivity index (χ2v) is 7.88. The van der Waals surface area contributed by atoms with E-state index >= 15 is 0 Å². The summed E-state index contributed by atoms with van der Waals surface area (Å²) >= 11 is 8.87. The quantitative estimate of drug-likeness (QED) is 0.704. The molecule has 3 rings (SSSR count). The van der Waals surface area contributed by atoms with E-state index in [9.17, 15) is 4.79 Å². The van der Waals surface area contributed by atoms with Crippen LogP contribution >= 0.6 is 34.3 Å². The molecule has 0 bridgehead atoms. The van der Waals surface area contributed by atoms with Gasteiger partial charge in [0.15, 0.2) is 5.13 Å². The summed E-state index contributed by atoms with van der Waals surface area (Å²) in [5, 5.41) is 4.98. The van der Waals surface area contributed by atoms with Crippen molar-refractivity contribution in [3.8, 4) is 11.3 Å². The molecule has 0 unspecified atom stereocenters. The van der Waals surface area contributed by atoms with Gasteiger partial charge >= 0.3 is 0 Å². The lowest BCUT2D eigenvalue weighted by atomic mass is 10.1. The highest BCUT2D eigenvalue weighted by molar-refractivity contribution is 7.16. The molecule has 3 aromatic rings. The molecule has 0 saturated carbocycles. The Morgan fingerprint density at radius 2 is 1.96 bits per heavy atom. The standard InChI is InChI=1S/C16H14ClN3OS2/c1-8-14(23-10(3)18-8)15(21)20-16-19-13(9(2)22-16)11-5-4-6-12(17)7-11/h4-7H,1-3H3,(H,19,20,21). The Labute approximate surface area is 147 Å². The van der Waals surface area contributed by atoms with Gasteiger partial charge in [0.1, 0.15) is 4.88 Å². The Hall–Kier alpha value is -1.76. The Kier molecular flexibility index (Phi) is 4.48. The van der Waals surface area contributed by atoms with Gasteiger partial charge in [-0.05, 0) is 32.9 Å². The molecule has 7 heteroatoms. The predicted molar refractivity (Wildman–Crippen MR) is 96.8 cm³/mol. The minimum atomic E-state index is -0.167. The summed E-state index contributed by atoms with van der Waals surface area (Å²) in [6.07, 6.45) is 0. The first-order valence-electron chi connectivity index (χ1n) is 6.93. The van der Waals surface area contributed by atoms with Gasteiger partial charge in [0.2, 0.25) is 0 Å². The summed E-state index contributed by atoms with van der Waals surface area (Å²) in [6.45, 7) is 5.70. The van der Waals surface area contributed by atoms with Crippen molar-refractivity contribution in [3.63, 3.8) is 0 Å². The van der Waals surface area contributed by atoms with Crippen LogP contribution in [0.4, 0.5) is 5.13 Å². The van der Waals surface area contributed by atoms with Crippen LogP contribution in [-0.2, 0) is 0 Å². The van der Waals surface area contributed by atoms with Crippen LogP contribution in [0.3, 0.4) is 0 Å². The van der Waals surface area contributed by atoms with Crippen molar-refractivity contribution in [2.45, 2.75) is 20.8 Å². The molecular formula is C16H14ClN3OS2. The maximum Gasteiger partial charge on any atom is 0.269 e. The van der Waals surface area contributed by atoms with Crippen molar-refractivity contribution >= 4 is 45.3 Å². The van der Waals surface area contributed by atoms with Crippen LogP contribution < -0.4 is 5.32 Å². The number of halogens is 1. The topological polar surface area (TPSA) is 54.9 Å². The van der Waals surface area contributed by atoms with Gasteiger partial charge in [-0.15, -0.1) is 22.7 Å². The first kappa shape index (κ1) is 16.1. The predicted octanol–water partition coefficient (Wildman–Crippen LogP) is 5.10. The average Bonchev–Trinajstić information content (AvgIpc) is 3.01. The number of anilines is 1. The van der Waals surface area contributed by atoms with Crippen LogP contribution in [0.1, 0.15) is 25.3 Å². The van der Waals surface area contributed by atoms with Crippen molar-refractivity contribution in [2.24, 2.45) is 0 Å². The summed E-state index contributed by atoms with van der Waals surface area (Å²) in [7, 11) is 0. The van der Waals surface area contributed by atoms with Gasteiger partial charge in [0.25, 0.3) is 5.91 Å². The van der Waals surface area contributed by atoms with Crippen molar-refractivity contribution in [1.29, 1.82) is 0 Å². The molecule has 0 aliphatic heterocycles. The number of aryl methyl sites for hydroxylation is 3. The zero-order valence-electron chi connectivity index (χ0n) is 12.8. The largest absolute Gasteiger partial charge is 0.297 e. The molecule has 1 aromatic carbocycles. The molecule has 4 nitrogen and oxygen atoms in total. The lowest BCUT2D eigenvalue weighted by Crippen LogP contribution is -2.11. The SMILES string of the molecule is Cc1nc(C)c(C(=O)Nc2nc(-c3cccc(Cl)c3)c(C)s2)s1. The van der Waals surface area contributed by atoms with Crippen LogP contribution in [0.15, 0.2) is 24.3 Å². The van der Waals surface area contributed by atoms with Gasteiger partial charge in [-0.25, -0.2) is 9.97 Å². The fraction of sp³-hybridized carbons (Fsp3) is 0.188. The van der Waals surface area contributed by atoms with Crippen LogP contribution in [-0.4, -0.2) is 15.9 Å². The molecule has 0 radical (unpaired) electrons. The Morgan fingerprint density at radius 3 is 2.61 bits per heavy atom. The summed E-state index contributed by atoms with van der Waals surface area (Å²) in [5.74, 6) is -0.167. The lowest BCUT2D eigenvalue weighted by molar-refractivity contribution is 0.103. The molecule has 2 aromatic heterocycles. The van der Waals surface area contributed by atoms with E-state index in [0.717, 1.165) is 26.8 Å². The van der Waals surface area contributed by atoms with E-state index in [1.165, 1.54) is 22.7 Å². The second kappa shape index (κ2) is 6.39. The number of rotatable bonds is 3. The summed E-state index contributed by atoms with van der Waals surface area (Å²) in [4.78, 5) is 22.8. The van der Waals surface area contributed by atoms with E-state index in [1.54, 1.807) is 0 Å². The molecule has 0 spiro atoms. The summed E-state index contributed by atoms with van der Waals surface area (Å²) in [5.41, 5.74) is 2.52. The molecule has 1 N–H and O–H groups in total. The van der Waals surface area contributed by atoms with Crippen molar-refractivity contribution < 1.29 is 4.79 Å². The van der Waals surface area contributed by atoms with E-state index < -0.39 is 0 Å². The highest BCUT2D eigenvalue weighted by Gasteiger charge is 2.17. The fourth-order valence-electron chi connectivity index (χ4n) is 2.25. The number of thiazole rings is 2. The van der Waals surface area contributed by atoms with Gasteiger partial charge in [0, 0.05) is 15.5 Å². The Bertz CT molecular complexity index is 885. The normalized spacial score (nSPS) is 10.8. The number of nitrogens with zero attached hydrogens (tertiary/aromatic N) is 2. The number of benzene rings is 1. The van der Waals surface area contributed by atoms with E-state index in [-0.39, 0.29) is 5.91 Å². The molecule has 2 heterocycles. The van der Waals surface area contributed by atoms with E-state index in [1.807, 2.05) is 45.0 Å². The van der Waals surface area contributed by atoms with Gasteiger partial charge in [-0.3, -0.25) is 10.1 Å². The second-order valence-electron chi connectivity index (χ2n) is 5.04. The molecule has 23 heavy (non-hydrogen) atoms. The van der Waals surface area contributed by atoms with Crippen LogP contribution in [0.2, 0.25) is 5.02 Å². The highest BCUT2D eigenvalue weighted by Crippen LogP contribution is 2.32. The van der Waals surface area contributed by atoms with Crippen molar-refractivity contribution in [1.82, 2.24) is 9.97 Å². The third-order valence-corrected chi connectivity index (χ3v) is 5.42. The molecule has 1 amide bonds. The van der Waals surface area contributed by atoms with E-state index in [0.29, 0.717) is 15.0 Å². The summed E-state index contributed by atoms with van der Waals surface area (Å²) < 4.78 is 0. The maximum absolute atomic E-state index is 12.4. The molecule has 0 fully saturated rings. The number of aromatic nitrogens is 2. The molecule has 118 valence electrons. The van der Waals surface area contributed by atoms with Crippen LogP contribution in [0.5, 0.6) is 0 Å². The van der Waals surface area contributed by atoms with Gasteiger partial charge in [0.05, 0.1) is 16.4 Å². The number of amides is 1. The lowest BCUT2D eigenvalue weighted by Gasteiger charge is -2.00. The number of hydrogen-bond acceptors (Lipinski definition) is 5. The van der Waals surface area contributed by atoms with Gasteiger partial charge in [-0.1, -0.05) is 23.7 Å². The molecule has 0 aliphatic rings. The Morgan fingerprint density at radius 1 is 1.17 bits per heavy atom. The highest BCUT2D eigenvalue weighted by atomic mass is 35.5. The average molecular weight is 364 g/mol. The first-order chi connectivity index (χ1) is 10.9. The smallest absolute Gasteiger partial charge is 0.269 e. The van der Waals surface area contributed by atoms with Gasteiger partial charge < -0.3 is 0 Å². The van der Waals surface area contributed by atoms with Crippen molar-refractivity contribution in [3.05, 3.63) is 49.7 Å². The van der Waals surface area contributed by atoms with Gasteiger partial charge in [-0.2, -0.15) is 0 Å². The van der Waals surface area contributed by atoms with Crippen LogP contribution in [0.25, 0.3) is 11.3 Å². The van der Waals surface area contributed by atoms with Crippen LogP contribution in [0, 0.1) is 20.8 Å². The molecule has 0 atom stereocenters. The first-order valence-corrected chi connectivity index (χ1v) is 8.94. The number of carbonyl (C=O) groups excluding carboxylic acids is 1. The molecule has 0 saturated heterocycles. The third kappa shape index (κ3) is 3.44. The Balaban J connectivity index is 1.86. The monoisotopic (exact) mass is 363 g/mol. The fourth-order valence-corrected chi connectivity index (χ4v) is 4.09. The molecule has 0 aliphatic carbocycles. The van der Waals surface area contributed by atoms with E-state index in [4.69, 9.17) is 11.6 Å². The minimum absolute atomic E-state index is 0.167. The zero-order chi connectivity index (χ0) is 16.6. The number of carbonyl (C=O) groups is 1. The number of hydrogen-bond donors (Lipinski definition) is 1. The third-order valence-electron chi connectivity index (χ3n) is 3.22. The maximum atomic E-state index is 12.4. The van der Waals surface area contributed by atoms with E-state index in [2.05, 4.69) is 15.3 Å². The zero-order valence-corrected chi connectivity index (χ0v) is 15.2. The minimum Gasteiger partial charge on any atom is -0.297 e. The summed E-state index contributed by atoms with van der Waals surface area (Å²) in [6, 6.07) is 7.53. The van der Waals surface area contributed by atoms with Crippen molar-refractivity contribution in [2.75, 3.05) is 5.32 Å². The number of nitrogens with one attached hydrogen (secondary N) is 1. The molecular weight excluding hydrogens is 350 g/mol.